The molecule has 98 valence electrons. The Balaban J connectivity index is 2.15. The molecule has 1 N–H and O–H groups in total. The Bertz CT molecular complexity index is 518. The van der Waals surface area contributed by atoms with Gasteiger partial charge in [-0.25, -0.2) is 4.79 Å². The predicted molar refractivity (Wildman–Crippen MR) is 70.2 cm³/mol. The van der Waals surface area contributed by atoms with Crippen LogP contribution in [0.2, 0.25) is 0 Å². The Kier molecular flexibility index (Phi) is 3.86. The molecule has 2 rings (SSSR count). The molecule has 0 aliphatic carbocycles. The third-order valence-electron chi connectivity index (χ3n) is 3.33. The highest BCUT2D eigenvalue weighted by Crippen LogP contribution is 2.21. The summed E-state index contributed by atoms with van der Waals surface area (Å²) in [6.45, 7) is 0.332. The highest BCUT2D eigenvalue weighted by molar-refractivity contribution is 5.85. The minimum absolute atomic E-state index is 0.175. The number of nitrogens with zero attached hydrogens (tertiary/aromatic N) is 1. The molecule has 1 aromatic carbocycles. The Hall–Kier alpha value is -2.28. The first-order valence-electron chi connectivity index (χ1n) is 6.14. The van der Waals surface area contributed by atoms with E-state index in [-0.39, 0.29) is 18.2 Å². The molecule has 1 amide bonds. The number of hydrogen-bond donors (Lipinski definition) is 1. The molecular formula is C15H15NO3. The van der Waals surface area contributed by atoms with Gasteiger partial charge in [-0.1, -0.05) is 30.3 Å². The number of likely N-dealkylation sites (tertiary alicyclic amines) is 1. The van der Waals surface area contributed by atoms with Crippen LogP contribution in [0.5, 0.6) is 0 Å². The van der Waals surface area contributed by atoms with Gasteiger partial charge in [-0.05, 0) is 5.56 Å². The van der Waals surface area contributed by atoms with Gasteiger partial charge in [0.15, 0.2) is 0 Å². The molecule has 0 saturated carbocycles. The van der Waals surface area contributed by atoms with Crippen LogP contribution < -0.4 is 0 Å². The van der Waals surface area contributed by atoms with Crippen LogP contribution in [0.1, 0.15) is 12.0 Å². The summed E-state index contributed by atoms with van der Waals surface area (Å²) in [6, 6.07) is 8.45. The van der Waals surface area contributed by atoms with Crippen molar-refractivity contribution in [2.24, 2.45) is 5.92 Å². The standard InChI is InChI=1S/C15H15NO3/c1-2-11-9-14(17)16(10-11)13(15(18)19)8-12-6-4-3-5-7-12/h1,3-7,11,13H,8-10H2,(H,18,19). The highest BCUT2D eigenvalue weighted by atomic mass is 16.4. The fourth-order valence-corrected chi connectivity index (χ4v) is 2.31. The molecule has 4 nitrogen and oxygen atoms in total. The molecule has 1 saturated heterocycles. The maximum atomic E-state index is 11.8. The number of carbonyl (C=O) groups excluding carboxylic acids is 1. The van der Waals surface area contributed by atoms with Gasteiger partial charge in [0, 0.05) is 25.3 Å². The first-order valence-corrected chi connectivity index (χ1v) is 6.14. The monoisotopic (exact) mass is 257 g/mol. The molecule has 1 aromatic rings. The lowest BCUT2D eigenvalue weighted by Gasteiger charge is -2.24. The van der Waals surface area contributed by atoms with Gasteiger partial charge in [0.1, 0.15) is 6.04 Å². The summed E-state index contributed by atoms with van der Waals surface area (Å²) in [7, 11) is 0. The Labute approximate surface area is 112 Å². The second kappa shape index (κ2) is 5.57. The van der Waals surface area contributed by atoms with Crippen molar-refractivity contribution in [3.63, 3.8) is 0 Å². The van der Waals surface area contributed by atoms with Gasteiger partial charge in [-0.15, -0.1) is 12.3 Å². The third-order valence-corrected chi connectivity index (χ3v) is 3.33. The van der Waals surface area contributed by atoms with Crippen molar-refractivity contribution < 1.29 is 14.7 Å². The molecule has 1 fully saturated rings. The summed E-state index contributed by atoms with van der Waals surface area (Å²) in [6.07, 6.45) is 5.86. The van der Waals surface area contributed by atoms with E-state index in [9.17, 15) is 14.7 Å². The largest absolute Gasteiger partial charge is 0.480 e. The van der Waals surface area contributed by atoms with E-state index < -0.39 is 12.0 Å². The number of carboxylic acids is 1. The van der Waals surface area contributed by atoms with Crippen LogP contribution in [-0.4, -0.2) is 34.5 Å². The number of terminal acetylenes is 1. The van der Waals surface area contributed by atoms with E-state index in [0.29, 0.717) is 13.0 Å². The second-order valence-corrected chi connectivity index (χ2v) is 4.66. The molecular weight excluding hydrogens is 242 g/mol. The lowest BCUT2D eigenvalue weighted by atomic mass is 10.0. The molecule has 2 atom stereocenters. The van der Waals surface area contributed by atoms with E-state index in [1.807, 2.05) is 30.3 Å². The van der Waals surface area contributed by atoms with E-state index in [1.54, 1.807) is 0 Å². The van der Waals surface area contributed by atoms with Gasteiger partial charge in [-0.2, -0.15) is 0 Å². The maximum Gasteiger partial charge on any atom is 0.326 e. The quantitative estimate of drug-likeness (QED) is 0.824. The van der Waals surface area contributed by atoms with Gasteiger partial charge in [-0.3, -0.25) is 4.79 Å². The highest BCUT2D eigenvalue weighted by Gasteiger charge is 2.36. The van der Waals surface area contributed by atoms with Crippen molar-refractivity contribution in [2.75, 3.05) is 6.54 Å². The van der Waals surface area contributed by atoms with E-state index in [2.05, 4.69) is 5.92 Å². The van der Waals surface area contributed by atoms with Gasteiger partial charge in [0.05, 0.1) is 0 Å². The Morgan fingerprint density at radius 2 is 2.16 bits per heavy atom. The average molecular weight is 257 g/mol. The average Bonchev–Trinajstić information content (AvgIpc) is 2.78. The van der Waals surface area contributed by atoms with Crippen LogP contribution in [0, 0.1) is 18.3 Å². The lowest BCUT2D eigenvalue weighted by molar-refractivity contribution is -0.148. The summed E-state index contributed by atoms with van der Waals surface area (Å²) in [5.41, 5.74) is 0.895. The summed E-state index contributed by atoms with van der Waals surface area (Å²) in [4.78, 5) is 24.6. The molecule has 0 radical (unpaired) electrons. The van der Waals surface area contributed by atoms with Gasteiger partial charge < -0.3 is 10.0 Å². The van der Waals surface area contributed by atoms with E-state index in [0.717, 1.165) is 5.56 Å². The van der Waals surface area contributed by atoms with Crippen molar-refractivity contribution in [3.8, 4) is 12.3 Å². The summed E-state index contributed by atoms with van der Waals surface area (Å²) in [5.74, 6) is 1.19. The smallest absolute Gasteiger partial charge is 0.326 e. The molecule has 0 bridgehead atoms. The van der Waals surface area contributed by atoms with Crippen LogP contribution in [0.25, 0.3) is 0 Å². The van der Waals surface area contributed by atoms with Crippen molar-refractivity contribution in [2.45, 2.75) is 18.9 Å². The van der Waals surface area contributed by atoms with Gasteiger partial charge in [0.2, 0.25) is 5.91 Å². The fourth-order valence-electron chi connectivity index (χ4n) is 2.31. The molecule has 2 unspecified atom stereocenters. The number of rotatable bonds is 4. The van der Waals surface area contributed by atoms with E-state index in [1.165, 1.54) is 4.90 Å². The summed E-state index contributed by atoms with van der Waals surface area (Å²) >= 11 is 0. The first kappa shape index (κ1) is 13.2. The molecule has 19 heavy (non-hydrogen) atoms. The van der Waals surface area contributed by atoms with Crippen molar-refractivity contribution in [3.05, 3.63) is 35.9 Å². The first-order chi connectivity index (χ1) is 9.11. The molecule has 0 aromatic heterocycles. The van der Waals surface area contributed by atoms with Crippen LogP contribution >= 0.6 is 0 Å². The van der Waals surface area contributed by atoms with Gasteiger partial charge in [0.25, 0.3) is 0 Å². The molecule has 1 aliphatic rings. The number of hydrogen-bond acceptors (Lipinski definition) is 2. The Morgan fingerprint density at radius 3 is 2.68 bits per heavy atom. The van der Waals surface area contributed by atoms with Crippen molar-refractivity contribution in [1.82, 2.24) is 4.90 Å². The number of amides is 1. The Morgan fingerprint density at radius 1 is 1.47 bits per heavy atom. The molecule has 1 aliphatic heterocycles. The number of aliphatic carboxylic acids is 1. The second-order valence-electron chi connectivity index (χ2n) is 4.66. The summed E-state index contributed by atoms with van der Waals surface area (Å²) < 4.78 is 0. The van der Waals surface area contributed by atoms with E-state index in [4.69, 9.17) is 6.42 Å². The fraction of sp³-hybridized carbons (Fsp3) is 0.333. The molecule has 4 heteroatoms. The van der Waals surface area contributed by atoms with Crippen molar-refractivity contribution in [1.29, 1.82) is 0 Å². The zero-order valence-electron chi connectivity index (χ0n) is 10.5. The van der Waals surface area contributed by atoms with Crippen LogP contribution in [0.15, 0.2) is 30.3 Å². The van der Waals surface area contributed by atoms with Crippen LogP contribution in [0.3, 0.4) is 0 Å². The lowest BCUT2D eigenvalue weighted by Crippen LogP contribution is -2.43. The molecule has 0 spiro atoms. The summed E-state index contributed by atoms with van der Waals surface area (Å²) in [5, 5.41) is 9.33. The zero-order chi connectivity index (χ0) is 13.8. The minimum Gasteiger partial charge on any atom is -0.480 e. The third kappa shape index (κ3) is 2.94. The number of carbonyl (C=O) groups is 2. The van der Waals surface area contributed by atoms with Crippen LogP contribution in [-0.2, 0) is 16.0 Å². The SMILES string of the molecule is C#CC1CC(=O)N(C(Cc2ccccc2)C(=O)O)C1. The number of benzene rings is 1. The topological polar surface area (TPSA) is 57.6 Å². The normalized spacial score (nSPS) is 20.1. The number of carboxylic acid groups (broad SMARTS) is 1. The van der Waals surface area contributed by atoms with Gasteiger partial charge >= 0.3 is 5.97 Å². The zero-order valence-corrected chi connectivity index (χ0v) is 10.5. The predicted octanol–water partition coefficient (Wildman–Crippen LogP) is 1.16. The van der Waals surface area contributed by atoms with Crippen molar-refractivity contribution >= 4 is 11.9 Å². The minimum atomic E-state index is -0.991. The van der Waals surface area contributed by atoms with E-state index >= 15 is 0 Å². The van der Waals surface area contributed by atoms with Crippen LogP contribution in [0.4, 0.5) is 0 Å². The maximum absolute atomic E-state index is 11.8. The molecule has 1 heterocycles.